The number of ether oxygens (including phenoxy) is 2. The molecular formula is C28H25N3O5. The number of amides is 1. The molecule has 0 spiro atoms. The lowest BCUT2D eigenvalue weighted by Gasteiger charge is -2.26. The van der Waals surface area contributed by atoms with E-state index in [0.29, 0.717) is 23.4 Å². The molecule has 3 heterocycles. The van der Waals surface area contributed by atoms with Gasteiger partial charge in [0, 0.05) is 41.6 Å². The Morgan fingerprint density at radius 2 is 1.69 bits per heavy atom. The van der Waals surface area contributed by atoms with Gasteiger partial charge in [-0.3, -0.25) is 9.59 Å². The van der Waals surface area contributed by atoms with Crippen molar-refractivity contribution in [2.24, 2.45) is 0 Å². The standard InChI is InChI=1S/C28H25N3O5/c1-35-28(34)36-24-11-7-17-30(24)21-14-12-20(13-15-21)29-27(33)26(32)25-23(19-8-3-2-4-9-19)18-22-10-5-6-16-31(22)25/h2-6,8-10,12-16,18,24H,7,11,17H2,1H3,(H,29,33). The van der Waals surface area contributed by atoms with Crippen LogP contribution in [0.2, 0.25) is 0 Å². The quantitative estimate of drug-likeness (QED) is 0.232. The first-order valence-electron chi connectivity index (χ1n) is 11.7. The van der Waals surface area contributed by atoms with Crippen LogP contribution < -0.4 is 10.2 Å². The van der Waals surface area contributed by atoms with Crippen molar-refractivity contribution in [2.75, 3.05) is 23.9 Å². The number of methoxy groups -OCH3 is 1. The van der Waals surface area contributed by atoms with Crippen LogP contribution in [0.5, 0.6) is 0 Å². The zero-order chi connectivity index (χ0) is 25.1. The van der Waals surface area contributed by atoms with Crippen molar-refractivity contribution in [3.8, 4) is 11.1 Å². The third kappa shape index (κ3) is 4.53. The fourth-order valence-corrected chi connectivity index (χ4v) is 4.54. The predicted molar refractivity (Wildman–Crippen MR) is 136 cm³/mol. The van der Waals surface area contributed by atoms with Crippen molar-refractivity contribution < 1.29 is 23.9 Å². The summed E-state index contributed by atoms with van der Waals surface area (Å²) < 4.78 is 11.7. The first-order chi connectivity index (χ1) is 17.5. The van der Waals surface area contributed by atoms with Gasteiger partial charge in [0.1, 0.15) is 5.69 Å². The molecule has 4 aromatic rings. The average molecular weight is 484 g/mol. The molecule has 5 rings (SSSR count). The molecule has 0 radical (unpaired) electrons. The molecule has 0 saturated carbocycles. The fraction of sp³-hybridized carbons (Fsp3) is 0.179. The summed E-state index contributed by atoms with van der Waals surface area (Å²) in [5.41, 5.74) is 4.02. The Hall–Kier alpha value is -4.59. The summed E-state index contributed by atoms with van der Waals surface area (Å²) in [6.07, 6.45) is 2.24. The number of ketones is 1. The number of Topliss-reactive ketones (excluding diaryl/α,β-unsaturated/α-hetero) is 1. The van der Waals surface area contributed by atoms with Crippen molar-refractivity contribution >= 4 is 34.7 Å². The van der Waals surface area contributed by atoms with Gasteiger partial charge >= 0.3 is 6.16 Å². The maximum atomic E-state index is 13.4. The van der Waals surface area contributed by atoms with Gasteiger partial charge in [0.15, 0.2) is 6.23 Å². The van der Waals surface area contributed by atoms with Crippen LogP contribution in [-0.2, 0) is 14.3 Å². The van der Waals surface area contributed by atoms with E-state index in [1.54, 1.807) is 22.7 Å². The molecule has 2 aromatic carbocycles. The lowest BCUT2D eigenvalue weighted by Crippen LogP contribution is -2.33. The Morgan fingerprint density at radius 3 is 2.44 bits per heavy atom. The van der Waals surface area contributed by atoms with Gasteiger partial charge in [-0.05, 0) is 54.4 Å². The fourth-order valence-electron chi connectivity index (χ4n) is 4.54. The molecule has 8 heteroatoms. The number of hydrogen-bond acceptors (Lipinski definition) is 6. The number of fused-ring (bicyclic) bond motifs is 1. The summed E-state index contributed by atoms with van der Waals surface area (Å²) in [6, 6.07) is 24.1. The number of rotatable bonds is 6. The van der Waals surface area contributed by atoms with Crippen LogP contribution >= 0.6 is 0 Å². The van der Waals surface area contributed by atoms with Crippen LogP contribution in [0.15, 0.2) is 85.1 Å². The monoisotopic (exact) mass is 483 g/mol. The summed E-state index contributed by atoms with van der Waals surface area (Å²) in [6.45, 7) is 0.732. The number of anilines is 2. The number of hydrogen-bond donors (Lipinski definition) is 1. The molecule has 1 aliphatic rings. The van der Waals surface area contributed by atoms with Gasteiger partial charge < -0.3 is 24.1 Å². The van der Waals surface area contributed by atoms with Crippen molar-refractivity contribution in [3.63, 3.8) is 0 Å². The molecule has 0 aliphatic carbocycles. The van der Waals surface area contributed by atoms with E-state index in [1.807, 2.05) is 71.6 Å². The number of carbonyl (C=O) groups excluding carboxylic acids is 3. The van der Waals surface area contributed by atoms with Gasteiger partial charge in [-0.25, -0.2) is 4.79 Å². The second-order valence-corrected chi connectivity index (χ2v) is 8.46. The van der Waals surface area contributed by atoms with Crippen molar-refractivity contribution in [3.05, 3.63) is 90.8 Å². The zero-order valence-corrected chi connectivity index (χ0v) is 19.7. The van der Waals surface area contributed by atoms with Crippen LogP contribution in [0, 0.1) is 0 Å². The summed E-state index contributed by atoms with van der Waals surface area (Å²) in [4.78, 5) is 39.9. The lowest BCUT2D eigenvalue weighted by atomic mass is 10.0. The summed E-state index contributed by atoms with van der Waals surface area (Å²) >= 11 is 0. The molecule has 182 valence electrons. The van der Waals surface area contributed by atoms with E-state index in [2.05, 4.69) is 10.1 Å². The minimum atomic E-state index is -0.725. The van der Waals surface area contributed by atoms with E-state index in [1.165, 1.54) is 7.11 Å². The second kappa shape index (κ2) is 9.95. The molecule has 1 N–H and O–H groups in total. The number of nitrogens with one attached hydrogen (secondary N) is 1. The van der Waals surface area contributed by atoms with Crippen LogP contribution in [0.1, 0.15) is 23.3 Å². The van der Waals surface area contributed by atoms with E-state index in [-0.39, 0.29) is 0 Å². The molecule has 1 unspecified atom stereocenters. The number of nitrogens with zero attached hydrogens (tertiary/aromatic N) is 2. The molecule has 1 aliphatic heterocycles. The molecule has 1 amide bonds. The van der Waals surface area contributed by atoms with E-state index < -0.39 is 24.1 Å². The largest absolute Gasteiger partial charge is 0.509 e. The molecule has 2 aromatic heterocycles. The highest BCUT2D eigenvalue weighted by atomic mass is 16.7. The molecule has 1 fully saturated rings. The Bertz CT molecular complexity index is 1410. The van der Waals surface area contributed by atoms with Crippen molar-refractivity contribution in [2.45, 2.75) is 19.1 Å². The topological polar surface area (TPSA) is 89.3 Å². The highest BCUT2D eigenvalue weighted by Gasteiger charge is 2.29. The van der Waals surface area contributed by atoms with Crippen molar-refractivity contribution in [1.82, 2.24) is 4.40 Å². The van der Waals surface area contributed by atoms with Gasteiger partial charge in [-0.2, -0.15) is 0 Å². The Kier molecular flexibility index (Phi) is 6.40. The van der Waals surface area contributed by atoms with E-state index >= 15 is 0 Å². The van der Waals surface area contributed by atoms with E-state index in [9.17, 15) is 14.4 Å². The molecular weight excluding hydrogens is 458 g/mol. The SMILES string of the molecule is COC(=O)OC1CCCN1c1ccc(NC(=O)C(=O)c2c(-c3ccccc3)cc3ccccn23)cc1. The van der Waals surface area contributed by atoms with Crippen LogP contribution in [-0.4, -0.2) is 42.1 Å². The van der Waals surface area contributed by atoms with Gasteiger partial charge in [-0.15, -0.1) is 0 Å². The highest BCUT2D eigenvalue weighted by molar-refractivity contribution is 6.47. The van der Waals surface area contributed by atoms with Crippen LogP contribution in [0.3, 0.4) is 0 Å². The molecule has 1 saturated heterocycles. The van der Waals surface area contributed by atoms with Gasteiger partial charge in [0.2, 0.25) is 0 Å². The normalized spacial score (nSPS) is 15.0. The minimum absolute atomic E-state index is 0.311. The molecule has 36 heavy (non-hydrogen) atoms. The summed E-state index contributed by atoms with van der Waals surface area (Å²) in [7, 11) is 1.28. The van der Waals surface area contributed by atoms with Crippen molar-refractivity contribution in [1.29, 1.82) is 0 Å². The van der Waals surface area contributed by atoms with Crippen LogP contribution in [0.4, 0.5) is 16.2 Å². The Labute approximate surface area is 208 Å². The van der Waals surface area contributed by atoms with Crippen LogP contribution in [0.25, 0.3) is 16.6 Å². The number of aromatic nitrogens is 1. The first kappa shape index (κ1) is 23.2. The van der Waals surface area contributed by atoms with E-state index in [0.717, 1.165) is 29.7 Å². The third-order valence-corrected chi connectivity index (χ3v) is 6.24. The average Bonchev–Trinajstić information content (AvgIpc) is 3.54. The minimum Gasteiger partial charge on any atom is -0.438 e. The Balaban J connectivity index is 1.36. The summed E-state index contributed by atoms with van der Waals surface area (Å²) in [5.74, 6) is -1.35. The third-order valence-electron chi connectivity index (χ3n) is 6.24. The molecule has 8 nitrogen and oxygen atoms in total. The highest BCUT2D eigenvalue weighted by Crippen LogP contribution is 2.30. The number of pyridine rings is 1. The Morgan fingerprint density at radius 1 is 0.944 bits per heavy atom. The smallest absolute Gasteiger partial charge is 0.438 e. The zero-order valence-electron chi connectivity index (χ0n) is 19.7. The number of carbonyl (C=O) groups is 3. The first-order valence-corrected chi connectivity index (χ1v) is 11.7. The van der Waals surface area contributed by atoms with Gasteiger partial charge in [-0.1, -0.05) is 36.4 Å². The lowest BCUT2D eigenvalue weighted by molar-refractivity contribution is -0.112. The second-order valence-electron chi connectivity index (χ2n) is 8.46. The van der Waals surface area contributed by atoms with Gasteiger partial charge in [0.05, 0.1) is 7.11 Å². The molecule has 0 bridgehead atoms. The predicted octanol–water partition coefficient (Wildman–Crippen LogP) is 5.14. The van der Waals surface area contributed by atoms with Gasteiger partial charge in [0.25, 0.3) is 11.7 Å². The molecule has 1 atom stereocenters. The maximum Gasteiger partial charge on any atom is 0.509 e. The summed E-state index contributed by atoms with van der Waals surface area (Å²) in [5, 5.41) is 2.72. The maximum absolute atomic E-state index is 13.4. The number of benzene rings is 2. The van der Waals surface area contributed by atoms with E-state index in [4.69, 9.17) is 4.74 Å².